The number of halogens is 1. The Morgan fingerprint density at radius 1 is 1.29 bits per heavy atom. The fourth-order valence-corrected chi connectivity index (χ4v) is 4.06. The van der Waals surface area contributed by atoms with E-state index < -0.39 is 0 Å². The molecule has 1 aliphatic carbocycles. The number of amides is 1. The zero-order chi connectivity index (χ0) is 16.5. The third kappa shape index (κ3) is 3.37. The molecular formula is C17H21FN4OS. The van der Waals surface area contributed by atoms with Gasteiger partial charge in [0.15, 0.2) is 5.13 Å². The number of rotatable bonds is 5. The number of hydrogen-bond donors (Lipinski definition) is 1. The van der Waals surface area contributed by atoms with Gasteiger partial charge in [0.05, 0.1) is 4.70 Å². The SMILES string of the molecule is O=C(NCCN1CCN(c2nc3c(F)cccc3s2)CC1)C1CC1. The molecule has 1 saturated carbocycles. The molecule has 1 aromatic heterocycles. The highest BCUT2D eigenvalue weighted by molar-refractivity contribution is 7.22. The average molecular weight is 348 g/mol. The summed E-state index contributed by atoms with van der Waals surface area (Å²) in [6.45, 7) is 5.27. The van der Waals surface area contributed by atoms with Gasteiger partial charge in [-0.25, -0.2) is 9.37 Å². The van der Waals surface area contributed by atoms with Crippen molar-refractivity contribution in [3.63, 3.8) is 0 Å². The summed E-state index contributed by atoms with van der Waals surface area (Å²) in [4.78, 5) is 20.7. The molecule has 0 atom stereocenters. The molecule has 1 amide bonds. The molecule has 7 heteroatoms. The number of nitrogens with zero attached hydrogens (tertiary/aromatic N) is 3. The van der Waals surface area contributed by atoms with Crippen LogP contribution in [0.4, 0.5) is 9.52 Å². The lowest BCUT2D eigenvalue weighted by Crippen LogP contribution is -2.48. The third-order valence-corrected chi connectivity index (χ3v) is 5.76. The van der Waals surface area contributed by atoms with E-state index in [2.05, 4.69) is 20.1 Å². The van der Waals surface area contributed by atoms with Crippen molar-refractivity contribution in [3.8, 4) is 0 Å². The van der Waals surface area contributed by atoms with E-state index >= 15 is 0 Å². The summed E-state index contributed by atoms with van der Waals surface area (Å²) in [6, 6.07) is 5.10. The summed E-state index contributed by atoms with van der Waals surface area (Å²) in [5, 5.41) is 3.91. The number of thiazole rings is 1. The number of benzene rings is 1. The predicted molar refractivity (Wildman–Crippen MR) is 94.0 cm³/mol. The van der Waals surface area contributed by atoms with E-state index in [1.54, 1.807) is 17.4 Å². The molecule has 24 heavy (non-hydrogen) atoms. The Morgan fingerprint density at radius 3 is 2.79 bits per heavy atom. The molecule has 4 rings (SSSR count). The van der Waals surface area contributed by atoms with Gasteiger partial charge in [-0.15, -0.1) is 0 Å². The summed E-state index contributed by atoms with van der Waals surface area (Å²) < 4.78 is 14.7. The smallest absolute Gasteiger partial charge is 0.223 e. The number of carbonyl (C=O) groups is 1. The standard InChI is InChI=1S/C17H21FN4OS/c18-13-2-1-3-14-15(13)20-17(24-14)22-10-8-21(9-11-22)7-6-19-16(23)12-4-5-12/h1-3,12H,4-11H2,(H,19,23). The number of carbonyl (C=O) groups excluding carboxylic acids is 1. The Morgan fingerprint density at radius 2 is 2.08 bits per heavy atom. The molecule has 2 aliphatic rings. The maximum Gasteiger partial charge on any atom is 0.223 e. The van der Waals surface area contributed by atoms with Crippen LogP contribution in [0.3, 0.4) is 0 Å². The Bertz CT molecular complexity index is 737. The van der Waals surface area contributed by atoms with E-state index in [-0.39, 0.29) is 17.6 Å². The van der Waals surface area contributed by atoms with E-state index in [1.165, 1.54) is 6.07 Å². The van der Waals surface area contributed by atoms with Gasteiger partial charge in [0.25, 0.3) is 0 Å². The zero-order valence-corrected chi connectivity index (χ0v) is 14.3. The van der Waals surface area contributed by atoms with E-state index in [1.807, 2.05) is 6.07 Å². The van der Waals surface area contributed by atoms with Gasteiger partial charge in [-0.1, -0.05) is 17.4 Å². The van der Waals surface area contributed by atoms with Crippen LogP contribution in [0.1, 0.15) is 12.8 Å². The Kier molecular flexibility index (Phi) is 4.37. The summed E-state index contributed by atoms with van der Waals surface area (Å²) in [6.07, 6.45) is 2.10. The van der Waals surface area contributed by atoms with Crippen LogP contribution in [0.5, 0.6) is 0 Å². The lowest BCUT2D eigenvalue weighted by molar-refractivity contribution is -0.122. The molecule has 2 aromatic rings. The molecule has 1 saturated heterocycles. The molecule has 5 nitrogen and oxygen atoms in total. The van der Waals surface area contributed by atoms with Crippen LogP contribution in [-0.4, -0.2) is 55.1 Å². The van der Waals surface area contributed by atoms with Crippen molar-refractivity contribution in [1.82, 2.24) is 15.2 Å². The predicted octanol–water partition coefficient (Wildman–Crippen LogP) is 2.08. The lowest BCUT2D eigenvalue weighted by Gasteiger charge is -2.34. The summed E-state index contributed by atoms with van der Waals surface area (Å²) in [5.74, 6) is 0.242. The average Bonchev–Trinajstić information content (AvgIpc) is 3.35. The van der Waals surface area contributed by atoms with E-state index in [0.29, 0.717) is 5.52 Å². The largest absolute Gasteiger partial charge is 0.355 e. The van der Waals surface area contributed by atoms with Crippen LogP contribution in [-0.2, 0) is 4.79 Å². The van der Waals surface area contributed by atoms with Crippen molar-refractivity contribution in [2.75, 3.05) is 44.2 Å². The molecule has 2 fully saturated rings. The number of para-hydroxylation sites is 1. The zero-order valence-electron chi connectivity index (χ0n) is 13.5. The lowest BCUT2D eigenvalue weighted by atomic mass is 10.3. The van der Waals surface area contributed by atoms with Crippen molar-refractivity contribution in [1.29, 1.82) is 0 Å². The highest BCUT2D eigenvalue weighted by Crippen LogP contribution is 2.30. The maximum absolute atomic E-state index is 13.8. The van der Waals surface area contributed by atoms with Crippen LogP contribution in [0.15, 0.2) is 18.2 Å². The van der Waals surface area contributed by atoms with Gasteiger partial charge in [-0.2, -0.15) is 0 Å². The first-order valence-corrected chi connectivity index (χ1v) is 9.32. The van der Waals surface area contributed by atoms with Crippen LogP contribution >= 0.6 is 11.3 Å². The number of aromatic nitrogens is 1. The van der Waals surface area contributed by atoms with Crippen molar-refractivity contribution in [2.24, 2.45) is 5.92 Å². The van der Waals surface area contributed by atoms with Gasteiger partial charge in [-0.3, -0.25) is 9.69 Å². The number of piperazine rings is 1. The molecule has 1 aromatic carbocycles. The first kappa shape index (κ1) is 15.8. The summed E-state index contributed by atoms with van der Waals surface area (Å²) in [7, 11) is 0. The van der Waals surface area contributed by atoms with Crippen molar-refractivity contribution in [2.45, 2.75) is 12.8 Å². The molecule has 0 unspecified atom stereocenters. The minimum absolute atomic E-state index is 0.213. The van der Waals surface area contributed by atoms with Crippen LogP contribution in [0.2, 0.25) is 0 Å². The van der Waals surface area contributed by atoms with E-state index in [9.17, 15) is 9.18 Å². The highest BCUT2D eigenvalue weighted by Gasteiger charge is 2.29. The second-order valence-electron chi connectivity index (χ2n) is 6.48. The van der Waals surface area contributed by atoms with Gasteiger partial charge in [-0.05, 0) is 25.0 Å². The normalized spacial score (nSPS) is 19.0. The summed E-state index contributed by atoms with van der Waals surface area (Å²) >= 11 is 1.55. The highest BCUT2D eigenvalue weighted by atomic mass is 32.1. The minimum atomic E-state index is -0.250. The monoisotopic (exact) mass is 348 g/mol. The van der Waals surface area contributed by atoms with Crippen molar-refractivity contribution >= 4 is 32.6 Å². The molecule has 1 N–H and O–H groups in total. The second kappa shape index (κ2) is 6.64. The van der Waals surface area contributed by atoms with Gasteiger partial charge in [0.2, 0.25) is 5.91 Å². The number of hydrogen-bond acceptors (Lipinski definition) is 5. The topological polar surface area (TPSA) is 48.5 Å². The quantitative estimate of drug-likeness (QED) is 0.899. The maximum atomic E-state index is 13.8. The van der Waals surface area contributed by atoms with Crippen molar-refractivity contribution in [3.05, 3.63) is 24.0 Å². The van der Waals surface area contributed by atoms with Gasteiger partial charge in [0, 0.05) is 45.2 Å². The van der Waals surface area contributed by atoms with Gasteiger partial charge >= 0.3 is 0 Å². The van der Waals surface area contributed by atoms with E-state index in [0.717, 1.165) is 61.9 Å². The van der Waals surface area contributed by atoms with Crippen LogP contribution < -0.4 is 10.2 Å². The number of fused-ring (bicyclic) bond motifs is 1. The molecule has 128 valence electrons. The molecule has 2 heterocycles. The molecule has 0 bridgehead atoms. The molecular weight excluding hydrogens is 327 g/mol. The Labute approximate surface area is 144 Å². The summed E-state index contributed by atoms with van der Waals surface area (Å²) in [5.41, 5.74) is 0.475. The molecule has 0 radical (unpaired) electrons. The van der Waals surface area contributed by atoms with Gasteiger partial charge in [0.1, 0.15) is 11.3 Å². The van der Waals surface area contributed by atoms with E-state index in [4.69, 9.17) is 0 Å². The first-order valence-electron chi connectivity index (χ1n) is 8.51. The molecule has 1 aliphatic heterocycles. The fourth-order valence-electron chi connectivity index (χ4n) is 3.03. The Hall–Kier alpha value is -1.73. The molecule has 0 spiro atoms. The van der Waals surface area contributed by atoms with Gasteiger partial charge < -0.3 is 10.2 Å². The third-order valence-electron chi connectivity index (χ3n) is 4.68. The van der Waals surface area contributed by atoms with Crippen LogP contribution in [0, 0.1) is 11.7 Å². The van der Waals surface area contributed by atoms with Crippen LogP contribution in [0.25, 0.3) is 10.2 Å². The Balaban J connectivity index is 1.28. The van der Waals surface area contributed by atoms with Crippen molar-refractivity contribution < 1.29 is 9.18 Å². The second-order valence-corrected chi connectivity index (χ2v) is 7.49. The minimum Gasteiger partial charge on any atom is -0.355 e. The number of anilines is 1. The first-order chi connectivity index (χ1) is 11.7. The fraction of sp³-hybridized carbons (Fsp3) is 0.529. The number of nitrogens with one attached hydrogen (secondary N) is 1.